The zero-order valence-electron chi connectivity index (χ0n) is 11.5. The van der Waals surface area contributed by atoms with E-state index in [9.17, 15) is 9.18 Å². The topological polar surface area (TPSA) is 38.3 Å². The van der Waals surface area contributed by atoms with Crippen LogP contribution in [-0.4, -0.2) is 19.6 Å². The molecule has 0 atom stereocenters. The summed E-state index contributed by atoms with van der Waals surface area (Å²) in [5.41, 5.74) is 1.40. The van der Waals surface area contributed by atoms with E-state index in [0.29, 0.717) is 24.3 Å². The summed E-state index contributed by atoms with van der Waals surface area (Å²) in [5, 5.41) is 2.81. The summed E-state index contributed by atoms with van der Waals surface area (Å²) in [4.78, 5) is 12.0. The Morgan fingerprint density at radius 3 is 2.76 bits per heavy atom. The first-order valence-electron chi connectivity index (χ1n) is 6.46. The summed E-state index contributed by atoms with van der Waals surface area (Å²) in [6, 6.07) is 11.5. The number of carbonyl (C=O) groups excluding carboxylic acids is 1. The molecule has 0 fully saturated rings. The summed E-state index contributed by atoms with van der Waals surface area (Å²) >= 11 is 3.34. The Balaban J connectivity index is 1.91. The van der Waals surface area contributed by atoms with Crippen molar-refractivity contribution in [3.63, 3.8) is 0 Å². The van der Waals surface area contributed by atoms with Crippen LogP contribution in [0.15, 0.2) is 46.9 Å². The maximum absolute atomic E-state index is 13.0. The molecule has 3 nitrogen and oxygen atoms in total. The fraction of sp³-hybridized carbons (Fsp3) is 0.188. The average Bonchev–Trinajstić information content (AvgIpc) is 2.47. The van der Waals surface area contributed by atoms with E-state index in [1.54, 1.807) is 31.4 Å². The van der Waals surface area contributed by atoms with Crippen LogP contribution in [0.3, 0.4) is 0 Å². The van der Waals surface area contributed by atoms with Gasteiger partial charge in [0.15, 0.2) is 0 Å². The zero-order chi connectivity index (χ0) is 15.2. The number of benzene rings is 2. The van der Waals surface area contributed by atoms with Crippen molar-refractivity contribution < 1.29 is 13.9 Å². The number of carbonyl (C=O) groups is 1. The van der Waals surface area contributed by atoms with E-state index in [2.05, 4.69) is 21.2 Å². The lowest BCUT2D eigenvalue weighted by molar-refractivity contribution is 0.0954. The van der Waals surface area contributed by atoms with Crippen LogP contribution in [0.4, 0.5) is 4.39 Å². The molecule has 0 spiro atoms. The van der Waals surface area contributed by atoms with Crippen LogP contribution in [-0.2, 0) is 6.42 Å². The second-order valence-electron chi connectivity index (χ2n) is 4.49. The van der Waals surface area contributed by atoms with E-state index >= 15 is 0 Å². The van der Waals surface area contributed by atoms with E-state index in [0.717, 1.165) is 10.0 Å². The van der Waals surface area contributed by atoms with Crippen LogP contribution in [0.2, 0.25) is 0 Å². The van der Waals surface area contributed by atoms with Crippen molar-refractivity contribution in [3.8, 4) is 5.75 Å². The minimum atomic E-state index is -0.266. The van der Waals surface area contributed by atoms with Crippen LogP contribution in [0.5, 0.6) is 5.75 Å². The van der Waals surface area contributed by atoms with E-state index in [1.165, 1.54) is 12.1 Å². The molecule has 2 aromatic rings. The lowest BCUT2D eigenvalue weighted by Gasteiger charge is -2.08. The van der Waals surface area contributed by atoms with Crippen LogP contribution >= 0.6 is 15.9 Å². The van der Waals surface area contributed by atoms with Crippen molar-refractivity contribution in [2.24, 2.45) is 0 Å². The van der Waals surface area contributed by atoms with Crippen LogP contribution in [0.1, 0.15) is 15.9 Å². The summed E-state index contributed by atoms with van der Waals surface area (Å²) in [6.45, 7) is 0.450. The predicted octanol–water partition coefficient (Wildman–Crippen LogP) is 3.57. The van der Waals surface area contributed by atoms with Gasteiger partial charge in [0.2, 0.25) is 0 Å². The van der Waals surface area contributed by atoms with Gasteiger partial charge in [-0.2, -0.15) is 0 Å². The number of ether oxygens (including phenoxy) is 1. The van der Waals surface area contributed by atoms with E-state index in [4.69, 9.17) is 4.74 Å². The molecular weight excluding hydrogens is 337 g/mol. The fourth-order valence-electron chi connectivity index (χ4n) is 1.92. The number of halogens is 2. The molecule has 2 rings (SSSR count). The van der Waals surface area contributed by atoms with Gasteiger partial charge in [-0.3, -0.25) is 4.79 Å². The lowest BCUT2D eigenvalue weighted by Crippen LogP contribution is -2.25. The molecule has 0 aliphatic carbocycles. The van der Waals surface area contributed by atoms with Gasteiger partial charge in [-0.1, -0.05) is 12.1 Å². The van der Waals surface area contributed by atoms with Gasteiger partial charge < -0.3 is 10.1 Å². The first kappa shape index (κ1) is 15.5. The molecule has 0 saturated carbocycles. The minimum Gasteiger partial charge on any atom is -0.496 e. The number of methoxy groups -OCH3 is 1. The van der Waals surface area contributed by atoms with Crippen molar-refractivity contribution >= 4 is 21.8 Å². The van der Waals surface area contributed by atoms with E-state index < -0.39 is 0 Å². The van der Waals surface area contributed by atoms with Crippen molar-refractivity contribution in [2.75, 3.05) is 13.7 Å². The lowest BCUT2D eigenvalue weighted by atomic mass is 10.1. The Morgan fingerprint density at radius 1 is 1.29 bits per heavy atom. The Labute approximate surface area is 131 Å². The van der Waals surface area contributed by atoms with Crippen LogP contribution in [0, 0.1) is 5.82 Å². The second-order valence-corrected chi connectivity index (χ2v) is 5.34. The van der Waals surface area contributed by atoms with Crippen molar-refractivity contribution in [1.82, 2.24) is 5.32 Å². The van der Waals surface area contributed by atoms with Gasteiger partial charge in [0.25, 0.3) is 5.91 Å². The quantitative estimate of drug-likeness (QED) is 0.894. The molecule has 0 heterocycles. The van der Waals surface area contributed by atoms with Gasteiger partial charge >= 0.3 is 0 Å². The average molecular weight is 352 g/mol. The summed E-state index contributed by atoms with van der Waals surface area (Å²) in [6.07, 6.45) is 0.584. The second kappa shape index (κ2) is 7.22. The summed E-state index contributed by atoms with van der Waals surface area (Å²) in [5.74, 6) is 0.235. The van der Waals surface area contributed by atoms with Crippen LogP contribution in [0.25, 0.3) is 0 Å². The standard InChI is InChI=1S/C16H15BrFNO2/c1-21-15-6-5-12(10-14(15)17)16(20)19-8-7-11-3-2-4-13(18)9-11/h2-6,9-10H,7-8H2,1H3,(H,19,20). The molecule has 21 heavy (non-hydrogen) atoms. The monoisotopic (exact) mass is 351 g/mol. The minimum absolute atomic E-state index is 0.172. The SMILES string of the molecule is COc1ccc(C(=O)NCCc2cccc(F)c2)cc1Br. The molecule has 1 N–H and O–H groups in total. The van der Waals surface area contributed by atoms with E-state index in [1.807, 2.05) is 6.07 Å². The first-order valence-corrected chi connectivity index (χ1v) is 7.25. The van der Waals surface area contributed by atoms with Gasteiger partial charge in [0, 0.05) is 12.1 Å². The van der Waals surface area contributed by atoms with Gasteiger partial charge in [-0.15, -0.1) is 0 Å². The first-order chi connectivity index (χ1) is 10.1. The molecule has 0 aromatic heterocycles. The maximum Gasteiger partial charge on any atom is 0.251 e. The number of hydrogen-bond acceptors (Lipinski definition) is 2. The highest BCUT2D eigenvalue weighted by atomic mass is 79.9. The molecule has 110 valence electrons. The van der Waals surface area contributed by atoms with E-state index in [-0.39, 0.29) is 11.7 Å². The highest BCUT2D eigenvalue weighted by molar-refractivity contribution is 9.10. The van der Waals surface area contributed by atoms with Gasteiger partial charge in [-0.05, 0) is 58.2 Å². The van der Waals surface area contributed by atoms with Crippen molar-refractivity contribution in [1.29, 1.82) is 0 Å². The predicted molar refractivity (Wildman–Crippen MR) is 83.1 cm³/mol. The molecule has 0 saturated heterocycles. The Kier molecular flexibility index (Phi) is 5.33. The molecule has 1 amide bonds. The highest BCUT2D eigenvalue weighted by Crippen LogP contribution is 2.25. The molecule has 0 aliphatic rings. The Hall–Kier alpha value is -1.88. The number of nitrogens with one attached hydrogen (secondary N) is 1. The Bertz CT molecular complexity index is 646. The third-order valence-corrected chi connectivity index (χ3v) is 3.62. The van der Waals surface area contributed by atoms with Gasteiger partial charge in [-0.25, -0.2) is 4.39 Å². The fourth-order valence-corrected chi connectivity index (χ4v) is 2.46. The molecule has 0 radical (unpaired) electrons. The summed E-state index contributed by atoms with van der Waals surface area (Å²) < 4.78 is 18.9. The third-order valence-electron chi connectivity index (χ3n) is 3.00. The van der Waals surface area contributed by atoms with Crippen molar-refractivity contribution in [2.45, 2.75) is 6.42 Å². The normalized spacial score (nSPS) is 10.2. The maximum atomic E-state index is 13.0. The smallest absolute Gasteiger partial charge is 0.251 e. The van der Waals surface area contributed by atoms with Crippen molar-refractivity contribution in [3.05, 3.63) is 63.9 Å². The molecular formula is C16H15BrFNO2. The highest BCUT2D eigenvalue weighted by Gasteiger charge is 2.08. The van der Waals surface area contributed by atoms with Gasteiger partial charge in [0.1, 0.15) is 11.6 Å². The summed E-state index contributed by atoms with van der Waals surface area (Å²) in [7, 11) is 1.57. The molecule has 0 bridgehead atoms. The zero-order valence-corrected chi connectivity index (χ0v) is 13.1. The number of amides is 1. The van der Waals surface area contributed by atoms with Crippen LogP contribution < -0.4 is 10.1 Å². The molecule has 0 unspecified atom stereocenters. The number of hydrogen-bond donors (Lipinski definition) is 1. The molecule has 2 aromatic carbocycles. The van der Waals surface area contributed by atoms with Gasteiger partial charge in [0.05, 0.1) is 11.6 Å². The Morgan fingerprint density at radius 2 is 2.10 bits per heavy atom. The molecule has 0 aliphatic heterocycles. The molecule has 5 heteroatoms. The number of rotatable bonds is 5. The third kappa shape index (κ3) is 4.29. The largest absolute Gasteiger partial charge is 0.496 e.